The van der Waals surface area contributed by atoms with Crippen molar-refractivity contribution >= 4 is 22.6 Å². The molecule has 0 bridgehead atoms. The summed E-state index contributed by atoms with van der Waals surface area (Å²) in [5.74, 6) is 1.61. The molecule has 0 unspecified atom stereocenters. The van der Waals surface area contributed by atoms with E-state index in [1.807, 2.05) is 18.7 Å². The molecule has 0 saturated heterocycles. The van der Waals surface area contributed by atoms with Gasteiger partial charge in [0.15, 0.2) is 0 Å². The Hall–Kier alpha value is -1.81. The van der Waals surface area contributed by atoms with Gasteiger partial charge in [0.2, 0.25) is 0 Å². The van der Waals surface area contributed by atoms with E-state index in [1.165, 1.54) is 16.6 Å². The number of aryl methyl sites for hydroxylation is 4. The minimum atomic E-state index is 0.578. The lowest BCUT2D eigenvalue weighted by atomic mass is 10.2. The monoisotopic (exact) mass is 302 g/mol. The molecule has 4 nitrogen and oxygen atoms in total. The molecule has 0 aliphatic carbocycles. The Bertz CT molecular complexity index is 785. The molecule has 3 aromatic rings. The van der Waals surface area contributed by atoms with Gasteiger partial charge in [-0.1, -0.05) is 6.07 Å². The first-order valence-electron chi connectivity index (χ1n) is 7.09. The highest BCUT2D eigenvalue weighted by Crippen LogP contribution is 2.21. The molecule has 0 saturated carbocycles. The molecule has 0 aliphatic heterocycles. The van der Waals surface area contributed by atoms with Crippen LogP contribution < -0.4 is 0 Å². The van der Waals surface area contributed by atoms with E-state index in [4.69, 9.17) is 16.6 Å². The minimum absolute atomic E-state index is 0.578. The van der Waals surface area contributed by atoms with Crippen molar-refractivity contribution in [3.8, 4) is 0 Å². The lowest BCUT2D eigenvalue weighted by Crippen LogP contribution is -2.06. The summed E-state index contributed by atoms with van der Waals surface area (Å²) >= 11 is 5.94. The molecule has 2 heterocycles. The maximum absolute atomic E-state index is 5.94. The molecule has 3 rings (SSSR count). The second-order valence-electron chi connectivity index (χ2n) is 5.46. The summed E-state index contributed by atoms with van der Waals surface area (Å²) in [5.41, 5.74) is 5.71. The van der Waals surface area contributed by atoms with Gasteiger partial charge in [0.25, 0.3) is 0 Å². The van der Waals surface area contributed by atoms with Crippen LogP contribution in [-0.2, 0) is 20.0 Å². The SMILES string of the molecule is Cc1ccc2nc(CCCl)n(Cc3cn(C)nc3C)c2c1. The summed E-state index contributed by atoms with van der Waals surface area (Å²) in [5, 5.41) is 4.42. The predicted molar refractivity (Wildman–Crippen MR) is 85.9 cm³/mol. The highest BCUT2D eigenvalue weighted by molar-refractivity contribution is 6.17. The lowest BCUT2D eigenvalue weighted by molar-refractivity contribution is 0.747. The summed E-state index contributed by atoms with van der Waals surface area (Å²) in [6, 6.07) is 6.36. The second kappa shape index (κ2) is 5.53. The van der Waals surface area contributed by atoms with Crippen LogP contribution in [0.3, 0.4) is 0 Å². The Labute approximate surface area is 129 Å². The van der Waals surface area contributed by atoms with Crippen LogP contribution in [0.1, 0.15) is 22.6 Å². The summed E-state index contributed by atoms with van der Waals surface area (Å²) in [7, 11) is 1.95. The van der Waals surface area contributed by atoms with Gasteiger partial charge in [-0.15, -0.1) is 11.6 Å². The fourth-order valence-corrected chi connectivity index (χ4v) is 2.88. The summed E-state index contributed by atoms with van der Waals surface area (Å²) in [4.78, 5) is 4.73. The Balaban J connectivity index is 2.12. The Morgan fingerprint density at radius 2 is 2.05 bits per heavy atom. The fourth-order valence-electron chi connectivity index (χ4n) is 2.71. The van der Waals surface area contributed by atoms with Crippen LogP contribution in [0.5, 0.6) is 0 Å². The molecule has 21 heavy (non-hydrogen) atoms. The summed E-state index contributed by atoms with van der Waals surface area (Å²) < 4.78 is 4.12. The number of imidazole rings is 1. The first-order valence-corrected chi connectivity index (χ1v) is 7.63. The topological polar surface area (TPSA) is 35.6 Å². The molecule has 5 heteroatoms. The van der Waals surface area contributed by atoms with Crippen LogP contribution in [-0.4, -0.2) is 25.2 Å². The van der Waals surface area contributed by atoms with Gasteiger partial charge >= 0.3 is 0 Å². The van der Waals surface area contributed by atoms with Crippen molar-refractivity contribution in [2.24, 2.45) is 7.05 Å². The molecular formula is C16H19ClN4. The minimum Gasteiger partial charge on any atom is -0.323 e. The molecule has 2 aromatic heterocycles. The number of fused-ring (bicyclic) bond motifs is 1. The van der Waals surface area contributed by atoms with Gasteiger partial charge in [-0.25, -0.2) is 4.98 Å². The first kappa shape index (κ1) is 14.1. The van der Waals surface area contributed by atoms with Crippen LogP contribution in [0.2, 0.25) is 0 Å². The van der Waals surface area contributed by atoms with E-state index in [9.17, 15) is 0 Å². The van der Waals surface area contributed by atoms with Crippen LogP contribution >= 0.6 is 11.6 Å². The standard InChI is InChI=1S/C16H19ClN4/c1-11-4-5-14-15(8-11)21(16(18-14)6-7-17)10-13-9-20(3)19-12(13)2/h4-5,8-9H,6-7,10H2,1-3H3. The number of nitrogens with zero attached hydrogens (tertiary/aromatic N) is 4. The molecule has 0 aliphatic rings. The Morgan fingerprint density at radius 1 is 1.24 bits per heavy atom. The van der Waals surface area contributed by atoms with Gasteiger partial charge in [0.05, 0.1) is 23.3 Å². The number of hydrogen-bond acceptors (Lipinski definition) is 2. The second-order valence-corrected chi connectivity index (χ2v) is 5.84. The van der Waals surface area contributed by atoms with E-state index in [1.54, 1.807) is 0 Å². The number of alkyl halides is 1. The lowest BCUT2D eigenvalue weighted by Gasteiger charge is -2.08. The van der Waals surface area contributed by atoms with Gasteiger partial charge in [-0.2, -0.15) is 5.10 Å². The molecule has 1 aromatic carbocycles. The first-order chi connectivity index (χ1) is 10.1. The summed E-state index contributed by atoms with van der Waals surface area (Å²) in [6.07, 6.45) is 2.84. The average Bonchev–Trinajstić information content (AvgIpc) is 2.92. The van der Waals surface area contributed by atoms with Gasteiger partial charge in [0, 0.05) is 31.1 Å². The van der Waals surface area contributed by atoms with Crippen LogP contribution in [0, 0.1) is 13.8 Å². The molecule has 0 N–H and O–H groups in total. The molecule has 0 atom stereocenters. The third kappa shape index (κ3) is 2.68. The van der Waals surface area contributed by atoms with Crippen molar-refractivity contribution in [3.63, 3.8) is 0 Å². The van der Waals surface area contributed by atoms with Crippen LogP contribution in [0.15, 0.2) is 24.4 Å². The molecular weight excluding hydrogens is 284 g/mol. The van der Waals surface area contributed by atoms with E-state index in [2.05, 4.69) is 41.0 Å². The van der Waals surface area contributed by atoms with Crippen molar-refractivity contribution < 1.29 is 0 Å². The van der Waals surface area contributed by atoms with Crippen LogP contribution in [0.25, 0.3) is 11.0 Å². The number of aromatic nitrogens is 4. The van der Waals surface area contributed by atoms with E-state index >= 15 is 0 Å². The van der Waals surface area contributed by atoms with E-state index in [0.717, 1.165) is 30.0 Å². The van der Waals surface area contributed by atoms with Gasteiger partial charge in [-0.3, -0.25) is 4.68 Å². The molecule has 0 amide bonds. The normalized spacial score (nSPS) is 11.4. The van der Waals surface area contributed by atoms with E-state index < -0.39 is 0 Å². The zero-order chi connectivity index (χ0) is 15.0. The number of benzene rings is 1. The zero-order valence-electron chi connectivity index (χ0n) is 12.6. The van der Waals surface area contributed by atoms with Crippen molar-refractivity contribution in [3.05, 3.63) is 47.0 Å². The predicted octanol–water partition coefficient (Wildman–Crippen LogP) is 3.22. The fraction of sp³-hybridized carbons (Fsp3) is 0.375. The molecule has 0 spiro atoms. The number of halogens is 1. The Kier molecular flexibility index (Phi) is 3.72. The maximum Gasteiger partial charge on any atom is 0.111 e. The maximum atomic E-state index is 5.94. The smallest absolute Gasteiger partial charge is 0.111 e. The largest absolute Gasteiger partial charge is 0.323 e. The number of hydrogen-bond donors (Lipinski definition) is 0. The average molecular weight is 303 g/mol. The van der Waals surface area contributed by atoms with Crippen molar-refractivity contribution in [2.75, 3.05) is 5.88 Å². The molecule has 110 valence electrons. The quantitative estimate of drug-likeness (QED) is 0.694. The van der Waals surface area contributed by atoms with Gasteiger partial charge in [-0.05, 0) is 31.5 Å². The van der Waals surface area contributed by atoms with E-state index in [0.29, 0.717) is 5.88 Å². The van der Waals surface area contributed by atoms with Crippen molar-refractivity contribution in [1.29, 1.82) is 0 Å². The van der Waals surface area contributed by atoms with Crippen molar-refractivity contribution in [1.82, 2.24) is 19.3 Å². The summed E-state index contributed by atoms with van der Waals surface area (Å²) in [6.45, 7) is 4.93. The molecule has 0 fully saturated rings. The van der Waals surface area contributed by atoms with Crippen molar-refractivity contribution in [2.45, 2.75) is 26.8 Å². The number of rotatable bonds is 4. The Morgan fingerprint density at radius 3 is 2.71 bits per heavy atom. The third-order valence-electron chi connectivity index (χ3n) is 3.74. The van der Waals surface area contributed by atoms with E-state index in [-0.39, 0.29) is 0 Å². The van der Waals surface area contributed by atoms with Crippen LogP contribution in [0.4, 0.5) is 0 Å². The highest BCUT2D eigenvalue weighted by atomic mass is 35.5. The van der Waals surface area contributed by atoms with Gasteiger partial charge < -0.3 is 4.57 Å². The highest BCUT2D eigenvalue weighted by Gasteiger charge is 2.13. The molecule has 0 radical (unpaired) electrons. The zero-order valence-corrected chi connectivity index (χ0v) is 13.4. The third-order valence-corrected chi connectivity index (χ3v) is 3.93. The van der Waals surface area contributed by atoms with Gasteiger partial charge in [0.1, 0.15) is 5.82 Å².